The molecule has 0 saturated carbocycles. The van der Waals surface area contributed by atoms with E-state index in [2.05, 4.69) is 82.3 Å². The second-order valence-corrected chi connectivity index (χ2v) is 14.1. The highest BCUT2D eigenvalue weighted by Gasteiger charge is 1.96. The Labute approximate surface area is 384 Å². The first-order valence-corrected chi connectivity index (χ1v) is 18.3. The maximum atomic E-state index is 5.80. The summed E-state index contributed by atoms with van der Waals surface area (Å²) in [6.45, 7) is 16.3. The lowest BCUT2D eigenvalue weighted by Gasteiger charge is -1.99. The fourth-order valence-electron chi connectivity index (χ4n) is 3.68. The van der Waals surface area contributed by atoms with Crippen LogP contribution in [0.5, 0.6) is 5.75 Å². The summed E-state index contributed by atoms with van der Waals surface area (Å²) in [5.41, 5.74) is 9.83. The molecule has 0 aliphatic heterocycles. The maximum absolute atomic E-state index is 5.80. The Bertz CT molecular complexity index is 1760. The molecule has 0 heterocycles. The summed E-state index contributed by atoms with van der Waals surface area (Å²) in [6.07, 6.45) is 7.01. The van der Waals surface area contributed by atoms with E-state index in [0.717, 1.165) is 26.2 Å². The van der Waals surface area contributed by atoms with Crippen molar-refractivity contribution in [2.24, 2.45) is 0 Å². The van der Waals surface area contributed by atoms with Gasteiger partial charge >= 0.3 is 0 Å². The molecule has 0 bridgehead atoms. The molecule has 0 N–H and O–H groups in total. The molecule has 0 unspecified atom stereocenters. The van der Waals surface area contributed by atoms with Crippen LogP contribution in [0.25, 0.3) is 0 Å². The Morgan fingerprint density at radius 3 is 0.983 bits per heavy atom. The average Bonchev–Trinajstić information content (AvgIpc) is 3.10. The molecule has 324 valence electrons. The van der Waals surface area contributed by atoms with E-state index in [0.29, 0.717) is 15.8 Å². The van der Waals surface area contributed by atoms with Crippen molar-refractivity contribution in [1.29, 1.82) is 0 Å². The van der Waals surface area contributed by atoms with Gasteiger partial charge < -0.3 is 4.74 Å². The third-order valence-corrected chi connectivity index (χ3v) is 8.42. The number of ether oxygens (including phenoxy) is 1. The predicted octanol–water partition coefficient (Wildman–Crippen LogP) is 20.1. The minimum Gasteiger partial charge on any atom is -0.408 e. The summed E-state index contributed by atoms with van der Waals surface area (Å²) in [7, 11) is 0. The van der Waals surface area contributed by atoms with Gasteiger partial charge in [0.1, 0.15) is 11.9 Å². The van der Waals surface area contributed by atoms with E-state index < -0.39 is 0 Å². The number of rotatable bonds is 1. The largest absolute Gasteiger partial charge is 0.408 e. The van der Waals surface area contributed by atoms with Gasteiger partial charge in [-0.3, -0.25) is 0 Å². The van der Waals surface area contributed by atoms with Crippen molar-refractivity contribution >= 4 is 58.0 Å². The Balaban J connectivity index is -0.0000000881. The molecule has 0 fully saturated rings. The summed E-state index contributed by atoms with van der Waals surface area (Å²) in [5.74, 6) is 0.600. The summed E-state index contributed by atoms with van der Waals surface area (Å²) in [5, 5.41) is 3.69. The van der Waals surface area contributed by atoms with Crippen LogP contribution in [0.3, 0.4) is 0 Å². The molecule has 58 heavy (non-hydrogen) atoms. The molecule has 6 rings (SSSR count). The van der Waals surface area contributed by atoms with Crippen LogP contribution >= 0.6 is 58.0 Å². The van der Waals surface area contributed by atoms with Gasteiger partial charge in [-0.15, -0.1) is 0 Å². The minimum absolute atomic E-state index is 0. The van der Waals surface area contributed by atoms with Crippen LogP contribution in [0.4, 0.5) is 0 Å². The van der Waals surface area contributed by atoms with Crippen LogP contribution in [-0.4, -0.2) is 0 Å². The van der Waals surface area contributed by atoms with Crippen molar-refractivity contribution in [3.8, 4) is 18.3 Å². The molecular formula is C52H75Cl5O. The first-order valence-electron chi connectivity index (χ1n) is 16.4. The molecule has 6 aromatic carbocycles. The zero-order valence-corrected chi connectivity index (χ0v) is 34.9. The second-order valence-electron chi connectivity index (χ2n) is 11.9. The first kappa shape index (κ1) is 66.0. The summed E-state index contributed by atoms with van der Waals surface area (Å²) >= 11 is 28.4. The number of halogens is 5. The fourth-order valence-corrected chi connectivity index (χ4v) is 4.63. The zero-order chi connectivity index (χ0) is 39.1. The van der Waals surface area contributed by atoms with Crippen LogP contribution in [0.15, 0.2) is 133 Å². The quantitative estimate of drug-likeness (QED) is 0.149. The van der Waals surface area contributed by atoms with E-state index in [-0.39, 0.29) is 47.4 Å². The molecule has 0 amide bonds. The third-order valence-electron chi connectivity index (χ3n) is 6.88. The van der Waals surface area contributed by atoms with E-state index in [4.69, 9.17) is 69.2 Å². The lowest BCUT2D eigenvalue weighted by atomic mass is 10.2. The van der Waals surface area contributed by atoms with E-state index in [9.17, 15) is 0 Å². The van der Waals surface area contributed by atoms with E-state index in [1.54, 1.807) is 18.2 Å². The van der Waals surface area contributed by atoms with Crippen molar-refractivity contribution in [3.05, 3.63) is 203 Å². The van der Waals surface area contributed by atoms with Crippen LogP contribution in [-0.2, 0) is 0 Å². The van der Waals surface area contributed by atoms with Gasteiger partial charge in [0.25, 0.3) is 0 Å². The van der Waals surface area contributed by atoms with Gasteiger partial charge in [0.2, 0.25) is 0 Å². The normalized spacial score (nSPS) is 8.28. The van der Waals surface area contributed by atoms with Crippen molar-refractivity contribution in [2.75, 3.05) is 0 Å². The smallest absolute Gasteiger partial charge is 0.141 e. The molecule has 0 spiro atoms. The van der Waals surface area contributed by atoms with Crippen LogP contribution in [0.1, 0.15) is 91.9 Å². The Morgan fingerprint density at radius 2 is 0.707 bits per heavy atom. The fraction of sp³-hybridized carbons (Fsp3) is 0.269. The standard InChI is InChI=1S/C9H7ClO.2C8H10.C7H6Cl2.2C7H7Cl.6CH4.2H2/c1-3-11-8-5-4-7(2)9(10)6-8;2*1-7-3-5-8(2)6-4-7;1-5-2-3-6(8)4-7(5)9;1-6-2-4-7(8)5-3-6;1-6-3-2-4-7(8)5-6;;;;;;;;/h1,4-6H,2H3;2*3-6H,1-2H3;2-4H,1H3;2*2-5H,1H3;6*1H4;2*1H. The lowest BCUT2D eigenvalue weighted by molar-refractivity contribution is 0.520. The SMILES string of the molecule is C.C.C.C.C.C.C#COc1ccc(C)c(Cl)c1.Cc1ccc(C)cc1.Cc1ccc(C)cc1.Cc1ccc(Cl)cc1.Cc1ccc(Cl)cc1Cl.Cc1cccc(Cl)c1.[HH].[HH]. The molecule has 1 nitrogen and oxygen atoms in total. The predicted molar refractivity (Wildman–Crippen MR) is 276 cm³/mol. The second kappa shape index (κ2) is 37.4. The van der Waals surface area contributed by atoms with Gasteiger partial charge in [-0.25, -0.2) is 0 Å². The Morgan fingerprint density at radius 1 is 0.379 bits per heavy atom. The molecule has 6 heteroatoms. The van der Waals surface area contributed by atoms with Crippen LogP contribution < -0.4 is 4.74 Å². The van der Waals surface area contributed by atoms with Gasteiger partial charge in [0.05, 0.1) is 0 Å². The van der Waals surface area contributed by atoms with Crippen LogP contribution in [0, 0.1) is 67.9 Å². The maximum Gasteiger partial charge on any atom is 0.141 e. The number of aryl methyl sites for hydroxylation is 8. The number of terminal acetylenes is 1. The van der Waals surface area contributed by atoms with Crippen molar-refractivity contribution in [1.82, 2.24) is 0 Å². The monoisotopic (exact) mass is 890 g/mol. The number of hydrogen-bond donors (Lipinski definition) is 0. The van der Waals surface area contributed by atoms with Crippen molar-refractivity contribution in [3.63, 3.8) is 0 Å². The highest BCUT2D eigenvalue weighted by Crippen LogP contribution is 2.21. The van der Waals surface area contributed by atoms with Gasteiger partial charge in [-0.2, -0.15) is 0 Å². The molecule has 0 atom stereocenters. The Hall–Kier alpha value is -3.87. The first-order chi connectivity index (χ1) is 24.6. The van der Waals surface area contributed by atoms with Crippen LogP contribution in [0.2, 0.25) is 25.1 Å². The minimum atomic E-state index is 0. The topological polar surface area (TPSA) is 9.23 Å². The van der Waals surface area contributed by atoms with Gasteiger partial charge in [-0.1, -0.05) is 222 Å². The third kappa shape index (κ3) is 32.1. The van der Waals surface area contributed by atoms with Gasteiger partial charge in [-0.05, 0) is 115 Å². The molecule has 0 aromatic heterocycles. The van der Waals surface area contributed by atoms with Crippen molar-refractivity contribution in [2.45, 2.75) is 99.9 Å². The van der Waals surface area contributed by atoms with Gasteiger partial charge in [0.15, 0.2) is 0 Å². The molecule has 0 radical (unpaired) electrons. The number of hydrogen-bond acceptors (Lipinski definition) is 1. The zero-order valence-electron chi connectivity index (χ0n) is 31.1. The average molecular weight is 893 g/mol. The van der Waals surface area contributed by atoms with E-state index in [1.165, 1.54) is 33.4 Å². The van der Waals surface area contributed by atoms with E-state index >= 15 is 0 Å². The summed E-state index contributed by atoms with van der Waals surface area (Å²) in [6, 6.07) is 43.3. The summed E-state index contributed by atoms with van der Waals surface area (Å²) in [4.78, 5) is 0. The molecule has 6 aromatic rings. The lowest BCUT2D eigenvalue weighted by Crippen LogP contribution is -1.82. The molecular weight excluding hydrogens is 818 g/mol. The summed E-state index contributed by atoms with van der Waals surface area (Å²) < 4.78 is 4.78. The van der Waals surface area contributed by atoms with Gasteiger partial charge in [0, 0.05) is 34.0 Å². The highest BCUT2D eigenvalue weighted by molar-refractivity contribution is 6.35. The Kier molecular flexibility index (Phi) is 42.5. The molecule has 0 saturated heterocycles. The molecule has 0 aliphatic carbocycles. The number of benzene rings is 6. The highest BCUT2D eigenvalue weighted by atomic mass is 35.5. The van der Waals surface area contributed by atoms with Crippen molar-refractivity contribution < 1.29 is 7.59 Å². The van der Waals surface area contributed by atoms with E-state index in [1.807, 2.05) is 94.4 Å². The molecule has 0 aliphatic rings.